The average molecular weight is 267 g/mol. The van der Waals surface area contributed by atoms with Gasteiger partial charge in [-0.2, -0.15) is 5.10 Å². The van der Waals surface area contributed by atoms with E-state index in [9.17, 15) is 4.79 Å². The lowest BCUT2D eigenvalue weighted by molar-refractivity contribution is 0.0956. The predicted molar refractivity (Wildman–Crippen MR) is 82.1 cm³/mol. The molecule has 1 amide bonds. The molecule has 0 bridgehead atoms. The molecule has 0 aliphatic heterocycles. The molecule has 0 aliphatic rings. The van der Waals surface area contributed by atoms with Crippen molar-refractivity contribution in [2.75, 3.05) is 12.4 Å². The van der Waals surface area contributed by atoms with Gasteiger partial charge in [0.1, 0.15) is 0 Å². The van der Waals surface area contributed by atoms with Crippen LogP contribution in [-0.4, -0.2) is 19.2 Å². The summed E-state index contributed by atoms with van der Waals surface area (Å²) < 4.78 is 0. The van der Waals surface area contributed by atoms with Crippen LogP contribution in [0, 0.1) is 0 Å². The Bertz CT molecular complexity index is 594. The summed E-state index contributed by atoms with van der Waals surface area (Å²) >= 11 is 0. The maximum Gasteiger partial charge on any atom is 0.273 e. The summed E-state index contributed by atoms with van der Waals surface area (Å²) in [5, 5.41) is 6.95. The number of benzene rings is 2. The molecule has 2 aromatic rings. The van der Waals surface area contributed by atoms with Crippen molar-refractivity contribution in [2.24, 2.45) is 5.10 Å². The Labute approximate surface area is 118 Å². The van der Waals surface area contributed by atoms with Crippen molar-refractivity contribution in [1.29, 1.82) is 0 Å². The highest BCUT2D eigenvalue weighted by molar-refractivity contribution is 5.99. The van der Waals surface area contributed by atoms with E-state index in [1.807, 2.05) is 48.5 Å². The average Bonchev–Trinajstić information content (AvgIpc) is 2.52. The Balaban J connectivity index is 1.92. The Morgan fingerprint density at radius 3 is 2.55 bits per heavy atom. The van der Waals surface area contributed by atoms with Gasteiger partial charge in [-0.05, 0) is 17.7 Å². The zero-order valence-corrected chi connectivity index (χ0v) is 11.3. The minimum absolute atomic E-state index is 0.223. The molecule has 0 aliphatic carbocycles. The van der Waals surface area contributed by atoms with Crippen molar-refractivity contribution in [1.82, 2.24) is 5.43 Å². The second-order valence-electron chi connectivity index (χ2n) is 4.24. The van der Waals surface area contributed by atoms with E-state index in [0.717, 1.165) is 11.3 Å². The number of carbonyl (C=O) groups excluding carboxylic acids is 1. The number of hydrogen-bond donors (Lipinski definition) is 2. The fraction of sp³-hybridized carbons (Fsp3) is 0.125. The molecule has 0 saturated carbocycles. The van der Waals surface area contributed by atoms with Gasteiger partial charge in [0, 0.05) is 25.4 Å². The normalized spacial score (nSPS) is 10.4. The van der Waals surface area contributed by atoms with E-state index < -0.39 is 0 Å². The molecular formula is C16H17N3O. The highest BCUT2D eigenvalue weighted by Crippen LogP contribution is 2.13. The van der Waals surface area contributed by atoms with Crippen LogP contribution in [0.15, 0.2) is 59.7 Å². The van der Waals surface area contributed by atoms with Crippen molar-refractivity contribution in [3.8, 4) is 0 Å². The van der Waals surface area contributed by atoms with Crippen LogP contribution in [0.1, 0.15) is 15.9 Å². The number of nitrogens with zero attached hydrogens (tertiary/aromatic N) is 1. The van der Waals surface area contributed by atoms with Crippen LogP contribution in [0.5, 0.6) is 0 Å². The molecule has 0 fully saturated rings. The number of rotatable bonds is 5. The highest BCUT2D eigenvalue weighted by atomic mass is 16.2. The van der Waals surface area contributed by atoms with Crippen LogP contribution in [0.3, 0.4) is 0 Å². The van der Waals surface area contributed by atoms with Gasteiger partial charge in [-0.15, -0.1) is 0 Å². The lowest BCUT2D eigenvalue weighted by Crippen LogP contribution is -2.19. The summed E-state index contributed by atoms with van der Waals surface area (Å²) in [5.74, 6) is -0.223. The van der Waals surface area contributed by atoms with Crippen LogP contribution in [0.4, 0.5) is 5.69 Å². The van der Waals surface area contributed by atoms with E-state index >= 15 is 0 Å². The summed E-state index contributed by atoms with van der Waals surface area (Å²) in [6.07, 6.45) is 2.38. The fourth-order valence-corrected chi connectivity index (χ4v) is 1.83. The third-order valence-corrected chi connectivity index (χ3v) is 2.87. The highest BCUT2D eigenvalue weighted by Gasteiger charge is 2.08. The van der Waals surface area contributed by atoms with Crippen LogP contribution in [0.25, 0.3) is 0 Å². The van der Waals surface area contributed by atoms with Gasteiger partial charge < -0.3 is 5.32 Å². The minimum atomic E-state index is -0.223. The Hall–Kier alpha value is -2.62. The zero-order valence-electron chi connectivity index (χ0n) is 11.3. The molecular weight excluding hydrogens is 250 g/mol. The Morgan fingerprint density at radius 2 is 1.80 bits per heavy atom. The van der Waals surface area contributed by atoms with Gasteiger partial charge in [-0.3, -0.25) is 4.79 Å². The number of nitrogens with one attached hydrogen (secondary N) is 2. The van der Waals surface area contributed by atoms with Gasteiger partial charge in [-0.25, -0.2) is 5.43 Å². The standard InChI is InChI=1S/C16H17N3O/c1-17-15-10-6-5-9-14(15)16(20)19-18-12-11-13-7-3-2-4-8-13/h2-10,12,17H,11H2,1H3,(H,19,20)/b18-12-. The first-order valence-corrected chi connectivity index (χ1v) is 6.44. The van der Waals surface area contributed by atoms with Gasteiger partial charge in [0.25, 0.3) is 5.91 Å². The van der Waals surface area contributed by atoms with Crippen molar-refractivity contribution in [3.05, 3.63) is 65.7 Å². The Kier molecular flexibility index (Phi) is 4.89. The summed E-state index contributed by atoms with van der Waals surface area (Å²) in [5.41, 5.74) is 5.04. The maximum atomic E-state index is 12.0. The summed E-state index contributed by atoms with van der Waals surface area (Å²) in [6.45, 7) is 0. The molecule has 2 N–H and O–H groups in total. The first kappa shape index (κ1) is 13.8. The van der Waals surface area contributed by atoms with Crippen LogP contribution >= 0.6 is 0 Å². The number of hydrazone groups is 1. The predicted octanol–water partition coefficient (Wildman–Crippen LogP) is 2.69. The molecule has 0 saturated heterocycles. The molecule has 0 unspecified atom stereocenters. The molecule has 0 atom stereocenters. The van der Waals surface area contributed by atoms with E-state index in [4.69, 9.17) is 0 Å². The second-order valence-corrected chi connectivity index (χ2v) is 4.24. The summed E-state index contributed by atoms with van der Waals surface area (Å²) in [4.78, 5) is 12.0. The molecule has 0 radical (unpaired) electrons. The minimum Gasteiger partial charge on any atom is -0.387 e. The molecule has 102 valence electrons. The quantitative estimate of drug-likeness (QED) is 0.646. The lowest BCUT2D eigenvalue weighted by atomic mass is 10.1. The molecule has 2 rings (SSSR count). The van der Waals surface area contributed by atoms with E-state index in [0.29, 0.717) is 12.0 Å². The fourth-order valence-electron chi connectivity index (χ4n) is 1.83. The van der Waals surface area contributed by atoms with E-state index in [2.05, 4.69) is 15.8 Å². The zero-order chi connectivity index (χ0) is 14.2. The third-order valence-electron chi connectivity index (χ3n) is 2.87. The third kappa shape index (κ3) is 3.68. The molecule has 20 heavy (non-hydrogen) atoms. The number of anilines is 1. The number of para-hydroxylation sites is 1. The van der Waals surface area contributed by atoms with Gasteiger partial charge in [0.15, 0.2) is 0 Å². The molecule has 0 spiro atoms. The van der Waals surface area contributed by atoms with Crippen molar-refractivity contribution in [2.45, 2.75) is 6.42 Å². The van der Waals surface area contributed by atoms with Gasteiger partial charge in [0.05, 0.1) is 5.56 Å². The first-order valence-electron chi connectivity index (χ1n) is 6.44. The summed E-state index contributed by atoms with van der Waals surface area (Å²) in [7, 11) is 1.78. The van der Waals surface area contributed by atoms with Gasteiger partial charge in [0.2, 0.25) is 0 Å². The van der Waals surface area contributed by atoms with Gasteiger partial charge in [-0.1, -0.05) is 42.5 Å². The largest absolute Gasteiger partial charge is 0.387 e. The van der Waals surface area contributed by atoms with Crippen molar-refractivity contribution >= 4 is 17.8 Å². The first-order chi connectivity index (χ1) is 9.81. The maximum absolute atomic E-state index is 12.0. The van der Waals surface area contributed by atoms with Crippen LogP contribution in [-0.2, 0) is 6.42 Å². The molecule has 2 aromatic carbocycles. The number of carbonyl (C=O) groups is 1. The number of amides is 1. The molecule has 0 heterocycles. The van der Waals surface area contributed by atoms with Crippen molar-refractivity contribution in [3.63, 3.8) is 0 Å². The van der Waals surface area contributed by atoms with Crippen LogP contribution < -0.4 is 10.7 Å². The SMILES string of the molecule is CNc1ccccc1C(=O)N/N=C\Cc1ccccc1. The lowest BCUT2D eigenvalue weighted by Gasteiger charge is -2.06. The second kappa shape index (κ2) is 7.09. The summed E-state index contributed by atoms with van der Waals surface area (Å²) in [6, 6.07) is 17.3. The monoisotopic (exact) mass is 267 g/mol. The Morgan fingerprint density at radius 1 is 1.10 bits per heavy atom. The molecule has 4 nitrogen and oxygen atoms in total. The van der Waals surface area contributed by atoms with E-state index in [-0.39, 0.29) is 5.91 Å². The van der Waals surface area contributed by atoms with E-state index in [1.165, 1.54) is 0 Å². The number of hydrogen-bond acceptors (Lipinski definition) is 3. The van der Waals surface area contributed by atoms with Crippen molar-refractivity contribution < 1.29 is 4.79 Å². The smallest absolute Gasteiger partial charge is 0.273 e. The topological polar surface area (TPSA) is 53.5 Å². The molecule has 4 heteroatoms. The van der Waals surface area contributed by atoms with Gasteiger partial charge >= 0.3 is 0 Å². The van der Waals surface area contributed by atoms with Crippen LogP contribution in [0.2, 0.25) is 0 Å². The molecule has 0 aromatic heterocycles. The van der Waals surface area contributed by atoms with E-state index in [1.54, 1.807) is 19.3 Å².